The van der Waals surface area contributed by atoms with Crippen LogP contribution in [0, 0.1) is 0 Å². The van der Waals surface area contributed by atoms with Crippen molar-refractivity contribution in [3.05, 3.63) is 54.1 Å². The van der Waals surface area contributed by atoms with Gasteiger partial charge in [-0.05, 0) is 30.7 Å². The number of rotatable bonds is 4. The van der Waals surface area contributed by atoms with Gasteiger partial charge in [0.05, 0.1) is 18.4 Å². The highest BCUT2D eigenvalue weighted by Crippen LogP contribution is 2.27. The Hall–Kier alpha value is -3.02. The molecule has 2 heterocycles. The molecule has 0 spiro atoms. The molecule has 4 rings (SSSR count). The van der Waals surface area contributed by atoms with E-state index in [1.54, 1.807) is 12.0 Å². The SMILES string of the molecule is COc1cccc(N2CCN(C(=O)c3ccccc3N3CCCC3=O)CC2)c1. The van der Waals surface area contributed by atoms with E-state index in [-0.39, 0.29) is 11.8 Å². The van der Waals surface area contributed by atoms with E-state index in [2.05, 4.69) is 11.0 Å². The molecule has 0 radical (unpaired) electrons. The van der Waals surface area contributed by atoms with Crippen LogP contribution in [0.15, 0.2) is 48.5 Å². The second-order valence-corrected chi connectivity index (χ2v) is 7.15. The highest BCUT2D eigenvalue weighted by Gasteiger charge is 2.29. The number of hydrogen-bond acceptors (Lipinski definition) is 4. The Bertz CT molecular complexity index is 875. The Morgan fingerprint density at radius 3 is 2.46 bits per heavy atom. The van der Waals surface area contributed by atoms with Gasteiger partial charge < -0.3 is 19.4 Å². The summed E-state index contributed by atoms with van der Waals surface area (Å²) in [7, 11) is 1.66. The van der Waals surface area contributed by atoms with Gasteiger partial charge in [0.2, 0.25) is 5.91 Å². The Morgan fingerprint density at radius 2 is 1.75 bits per heavy atom. The number of anilines is 2. The minimum atomic E-state index is 0.000548. The van der Waals surface area contributed by atoms with Crippen LogP contribution in [0.5, 0.6) is 5.75 Å². The number of amides is 2. The molecule has 0 unspecified atom stereocenters. The van der Waals surface area contributed by atoms with Gasteiger partial charge in [0.25, 0.3) is 5.91 Å². The van der Waals surface area contributed by atoms with E-state index in [9.17, 15) is 9.59 Å². The van der Waals surface area contributed by atoms with Crippen molar-refractivity contribution in [3.63, 3.8) is 0 Å². The molecule has 0 N–H and O–H groups in total. The van der Waals surface area contributed by atoms with E-state index in [0.717, 1.165) is 36.6 Å². The molecule has 0 saturated carbocycles. The fourth-order valence-corrected chi connectivity index (χ4v) is 3.94. The van der Waals surface area contributed by atoms with Crippen molar-refractivity contribution < 1.29 is 14.3 Å². The summed E-state index contributed by atoms with van der Waals surface area (Å²) in [6, 6.07) is 15.5. The summed E-state index contributed by atoms with van der Waals surface area (Å²) in [5.41, 5.74) is 2.47. The number of piperazine rings is 1. The van der Waals surface area contributed by atoms with Crippen LogP contribution in [0.2, 0.25) is 0 Å². The molecule has 0 bridgehead atoms. The van der Waals surface area contributed by atoms with E-state index >= 15 is 0 Å². The fourth-order valence-electron chi connectivity index (χ4n) is 3.94. The van der Waals surface area contributed by atoms with E-state index in [0.29, 0.717) is 31.6 Å². The van der Waals surface area contributed by atoms with Crippen LogP contribution in [0.3, 0.4) is 0 Å². The number of ether oxygens (including phenoxy) is 1. The standard InChI is InChI=1S/C22H25N3O3/c1-28-18-7-4-6-17(16-18)23-12-14-24(15-13-23)22(27)19-8-2-3-9-20(19)25-11-5-10-21(25)26/h2-4,6-9,16H,5,10-15H2,1H3. The van der Waals surface area contributed by atoms with Gasteiger partial charge in [-0.2, -0.15) is 0 Å². The molecule has 2 aliphatic rings. The maximum atomic E-state index is 13.2. The summed E-state index contributed by atoms with van der Waals surface area (Å²) in [6.07, 6.45) is 1.41. The van der Waals surface area contributed by atoms with Crippen molar-refractivity contribution in [3.8, 4) is 5.75 Å². The van der Waals surface area contributed by atoms with Crippen LogP contribution in [-0.4, -0.2) is 56.5 Å². The molecule has 2 fully saturated rings. The summed E-state index contributed by atoms with van der Waals surface area (Å²) >= 11 is 0. The van der Waals surface area contributed by atoms with Crippen molar-refractivity contribution in [2.24, 2.45) is 0 Å². The van der Waals surface area contributed by atoms with E-state index in [4.69, 9.17) is 4.74 Å². The summed E-state index contributed by atoms with van der Waals surface area (Å²) in [5.74, 6) is 0.934. The summed E-state index contributed by atoms with van der Waals surface area (Å²) in [6.45, 7) is 3.52. The van der Waals surface area contributed by atoms with Gasteiger partial charge in [-0.3, -0.25) is 9.59 Å². The molecule has 146 valence electrons. The third-order valence-corrected chi connectivity index (χ3v) is 5.48. The third kappa shape index (κ3) is 3.54. The topological polar surface area (TPSA) is 53.1 Å². The third-order valence-electron chi connectivity index (χ3n) is 5.48. The maximum Gasteiger partial charge on any atom is 0.256 e. The highest BCUT2D eigenvalue weighted by atomic mass is 16.5. The van der Waals surface area contributed by atoms with Gasteiger partial charge in [0, 0.05) is 50.9 Å². The predicted octanol–water partition coefficient (Wildman–Crippen LogP) is 2.78. The Kier molecular flexibility index (Phi) is 5.19. The van der Waals surface area contributed by atoms with Gasteiger partial charge in [0.15, 0.2) is 0 Å². The fraction of sp³-hybridized carbons (Fsp3) is 0.364. The average molecular weight is 379 g/mol. The van der Waals surface area contributed by atoms with Gasteiger partial charge in [-0.25, -0.2) is 0 Å². The second kappa shape index (κ2) is 7.92. The zero-order valence-electron chi connectivity index (χ0n) is 16.1. The number of carbonyl (C=O) groups excluding carboxylic acids is 2. The van der Waals surface area contributed by atoms with E-state index in [1.165, 1.54) is 0 Å². The Morgan fingerprint density at radius 1 is 0.964 bits per heavy atom. The second-order valence-electron chi connectivity index (χ2n) is 7.15. The molecule has 2 aromatic rings. The molecular formula is C22H25N3O3. The van der Waals surface area contributed by atoms with Crippen molar-refractivity contribution in [2.75, 3.05) is 49.6 Å². The van der Waals surface area contributed by atoms with Gasteiger partial charge in [-0.15, -0.1) is 0 Å². The summed E-state index contributed by atoms with van der Waals surface area (Å²) in [4.78, 5) is 31.2. The zero-order valence-corrected chi connectivity index (χ0v) is 16.1. The molecule has 6 nitrogen and oxygen atoms in total. The van der Waals surface area contributed by atoms with Crippen LogP contribution in [0.1, 0.15) is 23.2 Å². The first-order chi connectivity index (χ1) is 13.7. The number of para-hydroxylation sites is 1. The summed E-state index contributed by atoms with van der Waals surface area (Å²) < 4.78 is 5.31. The number of benzene rings is 2. The van der Waals surface area contributed by atoms with Crippen LogP contribution in [-0.2, 0) is 4.79 Å². The van der Waals surface area contributed by atoms with E-state index in [1.807, 2.05) is 47.4 Å². The van der Waals surface area contributed by atoms with Gasteiger partial charge in [0.1, 0.15) is 5.75 Å². The average Bonchev–Trinajstić information content (AvgIpc) is 3.19. The van der Waals surface area contributed by atoms with Crippen LogP contribution >= 0.6 is 0 Å². The maximum absolute atomic E-state index is 13.2. The molecule has 2 aromatic carbocycles. The van der Waals surface area contributed by atoms with Crippen LogP contribution in [0.4, 0.5) is 11.4 Å². The smallest absolute Gasteiger partial charge is 0.256 e. The molecule has 0 atom stereocenters. The van der Waals surface area contributed by atoms with Crippen molar-refractivity contribution in [1.82, 2.24) is 4.90 Å². The largest absolute Gasteiger partial charge is 0.497 e. The van der Waals surface area contributed by atoms with E-state index < -0.39 is 0 Å². The number of carbonyl (C=O) groups is 2. The zero-order chi connectivity index (χ0) is 19.5. The van der Waals surface area contributed by atoms with Crippen LogP contribution in [0.25, 0.3) is 0 Å². The lowest BCUT2D eigenvalue weighted by molar-refractivity contribution is -0.117. The summed E-state index contributed by atoms with van der Waals surface area (Å²) in [5, 5.41) is 0. The van der Waals surface area contributed by atoms with Crippen molar-refractivity contribution in [2.45, 2.75) is 12.8 Å². The monoisotopic (exact) mass is 379 g/mol. The molecule has 0 aromatic heterocycles. The highest BCUT2D eigenvalue weighted by molar-refractivity contribution is 6.05. The number of nitrogens with zero attached hydrogens (tertiary/aromatic N) is 3. The minimum Gasteiger partial charge on any atom is -0.497 e. The van der Waals surface area contributed by atoms with Crippen molar-refractivity contribution in [1.29, 1.82) is 0 Å². The molecule has 0 aliphatic carbocycles. The first-order valence-corrected chi connectivity index (χ1v) is 9.75. The Balaban J connectivity index is 1.47. The molecule has 2 aliphatic heterocycles. The van der Waals surface area contributed by atoms with Crippen molar-refractivity contribution >= 4 is 23.2 Å². The molecule has 28 heavy (non-hydrogen) atoms. The number of hydrogen-bond donors (Lipinski definition) is 0. The molecular weight excluding hydrogens is 354 g/mol. The normalized spacial score (nSPS) is 17.2. The lowest BCUT2D eigenvalue weighted by Crippen LogP contribution is -2.49. The lowest BCUT2D eigenvalue weighted by atomic mass is 10.1. The first-order valence-electron chi connectivity index (χ1n) is 9.75. The molecule has 2 amide bonds. The minimum absolute atomic E-state index is 0.000548. The van der Waals surface area contributed by atoms with Crippen LogP contribution < -0.4 is 14.5 Å². The first kappa shape index (κ1) is 18.3. The predicted molar refractivity (Wildman–Crippen MR) is 109 cm³/mol. The lowest BCUT2D eigenvalue weighted by Gasteiger charge is -2.36. The Labute approximate surface area is 165 Å². The molecule has 6 heteroatoms. The van der Waals surface area contributed by atoms with Gasteiger partial charge in [-0.1, -0.05) is 18.2 Å². The quantitative estimate of drug-likeness (QED) is 0.820. The number of methoxy groups -OCH3 is 1. The molecule has 2 saturated heterocycles. The van der Waals surface area contributed by atoms with Gasteiger partial charge >= 0.3 is 0 Å².